The third-order valence-electron chi connectivity index (χ3n) is 2.21. The summed E-state index contributed by atoms with van der Waals surface area (Å²) in [5.74, 6) is 1.14. The second kappa shape index (κ2) is 8.10. The molecule has 0 saturated heterocycles. The predicted octanol–water partition coefficient (Wildman–Crippen LogP) is 4.64. The van der Waals surface area contributed by atoms with E-state index >= 15 is 0 Å². The van der Waals surface area contributed by atoms with Gasteiger partial charge in [0, 0.05) is 16.3 Å². The summed E-state index contributed by atoms with van der Waals surface area (Å²) >= 11 is 1.90. The number of thioether (sulfide) groups is 1. The normalized spacial score (nSPS) is 12.4. The Hall–Kier alpha value is -0.240. The molecule has 0 aliphatic carbocycles. The van der Waals surface area contributed by atoms with Gasteiger partial charge in [0.25, 0.3) is 0 Å². The lowest BCUT2D eigenvalue weighted by atomic mass is 10.2. The predicted molar refractivity (Wildman–Crippen MR) is 69.1 cm³/mol. The van der Waals surface area contributed by atoms with Crippen LogP contribution in [0.3, 0.4) is 0 Å². The first-order chi connectivity index (χ1) is 6.69. The van der Waals surface area contributed by atoms with Gasteiger partial charge in [-0.25, -0.2) is 0 Å². The van der Waals surface area contributed by atoms with Crippen molar-refractivity contribution in [3.63, 3.8) is 0 Å². The van der Waals surface area contributed by atoms with E-state index in [2.05, 4.69) is 34.6 Å². The molecule has 0 spiro atoms. The quantitative estimate of drug-likeness (QED) is 0.585. The molecule has 0 saturated carbocycles. The molecule has 0 aromatic heterocycles. The Morgan fingerprint density at radius 2 is 1.57 bits per heavy atom. The minimum atomic E-state index is 1.04. The van der Waals surface area contributed by atoms with Gasteiger partial charge >= 0.3 is 0 Å². The highest BCUT2D eigenvalue weighted by atomic mass is 32.2. The smallest absolute Gasteiger partial charge is 0.0492 e. The molecule has 0 aliphatic heterocycles. The van der Waals surface area contributed by atoms with Crippen molar-refractivity contribution in [3.8, 4) is 0 Å². The molecule has 1 nitrogen and oxygen atoms in total. The number of aliphatic imine (C=N–C) groups is 1. The average Bonchev–Trinajstić information content (AvgIpc) is 2.20. The molecule has 0 fully saturated rings. The molecule has 0 rings (SSSR count). The van der Waals surface area contributed by atoms with E-state index in [0.29, 0.717) is 0 Å². The SMILES string of the molecule is CCSC(C)=C(CC)N=C(CC)CC. The van der Waals surface area contributed by atoms with Crippen LogP contribution in [0, 0.1) is 0 Å². The first-order valence-corrected chi connectivity index (χ1v) is 6.56. The van der Waals surface area contributed by atoms with E-state index in [1.807, 2.05) is 11.8 Å². The lowest BCUT2D eigenvalue weighted by Gasteiger charge is -2.06. The Morgan fingerprint density at radius 3 is 1.93 bits per heavy atom. The Kier molecular flexibility index (Phi) is 7.96. The molecule has 0 radical (unpaired) electrons. The van der Waals surface area contributed by atoms with E-state index in [4.69, 9.17) is 4.99 Å². The van der Waals surface area contributed by atoms with Gasteiger partial charge in [0.1, 0.15) is 0 Å². The molecule has 0 atom stereocenters. The van der Waals surface area contributed by atoms with Crippen molar-refractivity contribution in [2.45, 2.75) is 53.9 Å². The zero-order valence-corrected chi connectivity index (χ0v) is 11.0. The van der Waals surface area contributed by atoms with Gasteiger partial charge in [0.2, 0.25) is 0 Å². The first-order valence-electron chi connectivity index (χ1n) is 5.58. The van der Waals surface area contributed by atoms with Crippen LogP contribution in [0.1, 0.15) is 53.9 Å². The number of nitrogens with zero attached hydrogens (tertiary/aromatic N) is 1. The molecule has 14 heavy (non-hydrogen) atoms. The molecule has 82 valence electrons. The van der Waals surface area contributed by atoms with Gasteiger partial charge in [-0.05, 0) is 31.9 Å². The monoisotopic (exact) mass is 213 g/mol. The molecule has 0 unspecified atom stereocenters. The summed E-state index contributed by atoms with van der Waals surface area (Å²) in [6.07, 6.45) is 3.19. The summed E-state index contributed by atoms with van der Waals surface area (Å²) < 4.78 is 0. The van der Waals surface area contributed by atoms with Gasteiger partial charge in [-0.3, -0.25) is 4.99 Å². The molecule has 2 heteroatoms. The van der Waals surface area contributed by atoms with E-state index < -0.39 is 0 Å². The van der Waals surface area contributed by atoms with Crippen LogP contribution in [-0.2, 0) is 0 Å². The maximum atomic E-state index is 4.73. The third-order valence-corrected chi connectivity index (χ3v) is 3.17. The van der Waals surface area contributed by atoms with Crippen LogP contribution >= 0.6 is 11.8 Å². The maximum absolute atomic E-state index is 4.73. The molecule has 0 N–H and O–H groups in total. The van der Waals surface area contributed by atoms with E-state index in [1.165, 1.54) is 16.3 Å². The van der Waals surface area contributed by atoms with Crippen LogP contribution in [0.4, 0.5) is 0 Å². The summed E-state index contributed by atoms with van der Waals surface area (Å²) in [6.45, 7) is 10.9. The number of hydrogen-bond donors (Lipinski definition) is 0. The zero-order chi connectivity index (χ0) is 11.0. The lowest BCUT2D eigenvalue weighted by Crippen LogP contribution is -1.95. The van der Waals surface area contributed by atoms with E-state index in [9.17, 15) is 0 Å². The Morgan fingerprint density at radius 1 is 1.00 bits per heavy atom. The molecule has 0 amide bonds. The topological polar surface area (TPSA) is 12.4 Å². The van der Waals surface area contributed by atoms with E-state index in [0.717, 1.165) is 25.0 Å². The Bertz CT molecular complexity index is 210. The minimum Gasteiger partial charge on any atom is -0.261 e. The van der Waals surface area contributed by atoms with Gasteiger partial charge in [-0.2, -0.15) is 0 Å². The van der Waals surface area contributed by atoms with Crippen molar-refractivity contribution in [1.82, 2.24) is 0 Å². The van der Waals surface area contributed by atoms with Crippen LogP contribution in [0.2, 0.25) is 0 Å². The fraction of sp³-hybridized carbons (Fsp3) is 0.750. The summed E-state index contributed by atoms with van der Waals surface area (Å²) in [5.41, 5.74) is 2.59. The van der Waals surface area contributed by atoms with Crippen LogP contribution in [0.25, 0.3) is 0 Å². The van der Waals surface area contributed by atoms with E-state index in [1.54, 1.807) is 0 Å². The molecule has 0 aromatic rings. The molecular weight excluding hydrogens is 190 g/mol. The highest BCUT2D eigenvalue weighted by molar-refractivity contribution is 8.03. The summed E-state index contributed by atoms with van der Waals surface area (Å²) in [4.78, 5) is 6.11. The Labute approximate surface area is 93.1 Å². The second-order valence-electron chi connectivity index (χ2n) is 3.17. The lowest BCUT2D eigenvalue weighted by molar-refractivity contribution is 1.03. The summed E-state index contributed by atoms with van der Waals surface area (Å²) in [7, 11) is 0. The van der Waals surface area contributed by atoms with Crippen molar-refractivity contribution in [2.75, 3.05) is 5.75 Å². The highest BCUT2D eigenvalue weighted by Gasteiger charge is 2.00. The number of hydrogen-bond acceptors (Lipinski definition) is 2. The highest BCUT2D eigenvalue weighted by Crippen LogP contribution is 2.22. The van der Waals surface area contributed by atoms with Crippen LogP contribution in [0.5, 0.6) is 0 Å². The van der Waals surface area contributed by atoms with Gasteiger partial charge in [-0.15, -0.1) is 11.8 Å². The van der Waals surface area contributed by atoms with Crippen LogP contribution < -0.4 is 0 Å². The zero-order valence-electron chi connectivity index (χ0n) is 10.2. The summed E-state index contributed by atoms with van der Waals surface area (Å²) in [6, 6.07) is 0. The van der Waals surface area contributed by atoms with Gasteiger partial charge < -0.3 is 0 Å². The third kappa shape index (κ3) is 4.85. The fourth-order valence-electron chi connectivity index (χ4n) is 1.31. The van der Waals surface area contributed by atoms with Crippen molar-refractivity contribution in [1.29, 1.82) is 0 Å². The molecular formula is C12H23NS. The number of allylic oxidation sites excluding steroid dienone is 2. The number of rotatable bonds is 6. The van der Waals surface area contributed by atoms with Crippen LogP contribution in [0.15, 0.2) is 15.6 Å². The largest absolute Gasteiger partial charge is 0.261 e. The van der Waals surface area contributed by atoms with Crippen molar-refractivity contribution in [2.24, 2.45) is 4.99 Å². The van der Waals surface area contributed by atoms with Gasteiger partial charge in [0.15, 0.2) is 0 Å². The maximum Gasteiger partial charge on any atom is 0.0492 e. The van der Waals surface area contributed by atoms with Crippen molar-refractivity contribution in [3.05, 3.63) is 10.6 Å². The molecule has 0 aromatic carbocycles. The molecule has 0 heterocycles. The van der Waals surface area contributed by atoms with E-state index in [-0.39, 0.29) is 0 Å². The minimum absolute atomic E-state index is 1.04. The summed E-state index contributed by atoms with van der Waals surface area (Å²) in [5, 5.41) is 0. The van der Waals surface area contributed by atoms with Gasteiger partial charge in [0.05, 0.1) is 0 Å². The standard InChI is InChI=1S/C12H23NS/c1-6-11(7-2)13-12(8-3)10(5)14-9-4/h6-9H2,1-5H3. The fourth-order valence-corrected chi connectivity index (χ4v) is 2.10. The second-order valence-corrected chi connectivity index (χ2v) is 4.65. The van der Waals surface area contributed by atoms with Crippen LogP contribution in [-0.4, -0.2) is 11.5 Å². The average molecular weight is 213 g/mol. The molecule has 0 aliphatic rings. The van der Waals surface area contributed by atoms with Gasteiger partial charge in [-0.1, -0.05) is 27.7 Å². The first kappa shape index (κ1) is 13.8. The van der Waals surface area contributed by atoms with Crippen molar-refractivity contribution < 1.29 is 0 Å². The van der Waals surface area contributed by atoms with Crippen molar-refractivity contribution >= 4 is 17.5 Å². The Balaban J connectivity index is 4.70. The molecule has 0 bridgehead atoms.